The number of rotatable bonds is 5. The van der Waals surface area contributed by atoms with Gasteiger partial charge in [0, 0.05) is 13.2 Å². The Morgan fingerprint density at radius 1 is 1.30 bits per heavy atom. The highest BCUT2D eigenvalue weighted by molar-refractivity contribution is 6.33. The second-order valence-electron chi connectivity index (χ2n) is 4.60. The van der Waals surface area contributed by atoms with Crippen LogP contribution in [0.1, 0.15) is 23.2 Å². The number of hydrogen-bond donors (Lipinski definition) is 2. The van der Waals surface area contributed by atoms with Gasteiger partial charge in [-0.15, -0.1) is 0 Å². The van der Waals surface area contributed by atoms with Crippen molar-refractivity contribution in [3.8, 4) is 0 Å². The molecular weight excluding hydrogens is 280 g/mol. The van der Waals surface area contributed by atoms with E-state index in [1.165, 1.54) is 0 Å². The van der Waals surface area contributed by atoms with Crippen LogP contribution in [0.5, 0.6) is 0 Å². The maximum atomic E-state index is 11.8. The van der Waals surface area contributed by atoms with E-state index >= 15 is 0 Å². The van der Waals surface area contributed by atoms with Gasteiger partial charge in [-0.1, -0.05) is 23.7 Å². The fraction of sp³-hybridized carbons (Fsp3) is 0.429. The average molecular weight is 297 g/mol. The number of carbonyl (C=O) groups excluding carboxylic acids is 2. The molecule has 0 aliphatic carbocycles. The minimum absolute atomic E-state index is 0.0726. The van der Waals surface area contributed by atoms with E-state index < -0.39 is 0 Å². The predicted molar refractivity (Wildman–Crippen MR) is 75.8 cm³/mol. The topological polar surface area (TPSA) is 67.4 Å². The van der Waals surface area contributed by atoms with Crippen LogP contribution < -0.4 is 10.6 Å². The Labute approximate surface area is 122 Å². The van der Waals surface area contributed by atoms with E-state index in [4.69, 9.17) is 16.3 Å². The number of ether oxygens (including phenoxy) is 1. The van der Waals surface area contributed by atoms with Gasteiger partial charge in [0.1, 0.15) is 0 Å². The summed E-state index contributed by atoms with van der Waals surface area (Å²) in [5.41, 5.74) is 0.362. The highest BCUT2D eigenvalue weighted by atomic mass is 35.5. The van der Waals surface area contributed by atoms with Gasteiger partial charge in [0.05, 0.1) is 23.2 Å². The van der Waals surface area contributed by atoms with Crippen LogP contribution in [-0.4, -0.2) is 37.6 Å². The van der Waals surface area contributed by atoms with Crippen LogP contribution >= 0.6 is 11.6 Å². The van der Waals surface area contributed by atoms with Crippen molar-refractivity contribution in [2.45, 2.75) is 18.9 Å². The maximum absolute atomic E-state index is 11.8. The first-order chi connectivity index (χ1) is 9.66. The molecule has 6 heteroatoms. The molecule has 0 unspecified atom stereocenters. The predicted octanol–water partition coefficient (Wildman–Crippen LogP) is 1.37. The normalized spacial score (nSPS) is 17.8. The number of carbonyl (C=O) groups is 2. The van der Waals surface area contributed by atoms with E-state index in [0.717, 1.165) is 19.4 Å². The first-order valence-electron chi connectivity index (χ1n) is 6.58. The smallest absolute Gasteiger partial charge is 0.253 e. The van der Waals surface area contributed by atoms with E-state index in [-0.39, 0.29) is 24.5 Å². The molecular formula is C14H17ClN2O3. The fourth-order valence-corrected chi connectivity index (χ4v) is 2.22. The Kier molecular flexibility index (Phi) is 5.38. The Hall–Kier alpha value is -1.59. The van der Waals surface area contributed by atoms with Crippen LogP contribution in [-0.2, 0) is 9.53 Å². The summed E-state index contributed by atoms with van der Waals surface area (Å²) >= 11 is 5.90. The summed E-state index contributed by atoms with van der Waals surface area (Å²) in [5.74, 6) is -0.594. The van der Waals surface area contributed by atoms with Gasteiger partial charge in [0.25, 0.3) is 5.91 Å². The van der Waals surface area contributed by atoms with Crippen molar-refractivity contribution in [3.63, 3.8) is 0 Å². The first kappa shape index (κ1) is 14.8. The van der Waals surface area contributed by atoms with Gasteiger partial charge in [-0.05, 0) is 25.0 Å². The zero-order valence-corrected chi connectivity index (χ0v) is 11.8. The van der Waals surface area contributed by atoms with Crippen molar-refractivity contribution in [1.82, 2.24) is 10.6 Å². The van der Waals surface area contributed by atoms with Crippen molar-refractivity contribution in [3.05, 3.63) is 34.9 Å². The molecule has 1 atom stereocenters. The minimum atomic E-state index is -0.358. The Balaban J connectivity index is 1.72. The lowest BCUT2D eigenvalue weighted by Gasteiger charge is -2.11. The molecule has 1 aromatic rings. The van der Waals surface area contributed by atoms with Crippen LogP contribution in [0.4, 0.5) is 0 Å². The molecule has 2 amide bonds. The number of benzene rings is 1. The maximum Gasteiger partial charge on any atom is 0.253 e. The van der Waals surface area contributed by atoms with Gasteiger partial charge >= 0.3 is 0 Å². The molecule has 108 valence electrons. The molecule has 1 saturated heterocycles. The standard InChI is InChI=1S/C14H17ClN2O3/c15-12-6-2-1-5-11(12)14(19)17-9-13(18)16-8-10-4-3-7-20-10/h1-2,5-6,10H,3-4,7-9H2,(H,16,18)(H,17,19)/t10-/m1/s1. The molecule has 0 bridgehead atoms. The summed E-state index contributed by atoms with van der Waals surface area (Å²) in [6.45, 7) is 1.17. The van der Waals surface area contributed by atoms with Crippen molar-refractivity contribution in [2.75, 3.05) is 19.7 Å². The summed E-state index contributed by atoms with van der Waals surface area (Å²) in [4.78, 5) is 23.4. The van der Waals surface area contributed by atoms with Crippen LogP contribution in [0.2, 0.25) is 5.02 Å². The molecule has 2 rings (SSSR count). The highest BCUT2D eigenvalue weighted by Crippen LogP contribution is 2.14. The minimum Gasteiger partial charge on any atom is -0.376 e. The SMILES string of the molecule is O=C(CNC(=O)c1ccccc1Cl)NC[C@H]1CCCO1. The van der Waals surface area contributed by atoms with Gasteiger partial charge in [0.2, 0.25) is 5.91 Å². The number of hydrogen-bond acceptors (Lipinski definition) is 3. The summed E-state index contributed by atoms with van der Waals surface area (Å²) in [7, 11) is 0. The van der Waals surface area contributed by atoms with Gasteiger partial charge in [-0.25, -0.2) is 0 Å². The van der Waals surface area contributed by atoms with E-state index in [1.54, 1.807) is 24.3 Å². The van der Waals surface area contributed by atoms with Gasteiger partial charge in [0.15, 0.2) is 0 Å². The number of amides is 2. The van der Waals surface area contributed by atoms with E-state index in [2.05, 4.69) is 10.6 Å². The molecule has 2 N–H and O–H groups in total. The van der Waals surface area contributed by atoms with E-state index in [0.29, 0.717) is 17.1 Å². The molecule has 0 spiro atoms. The molecule has 1 fully saturated rings. The molecule has 0 aromatic heterocycles. The van der Waals surface area contributed by atoms with Crippen LogP contribution in [0, 0.1) is 0 Å². The van der Waals surface area contributed by atoms with Crippen LogP contribution in [0.15, 0.2) is 24.3 Å². The van der Waals surface area contributed by atoms with E-state index in [1.807, 2.05) is 0 Å². The molecule has 1 heterocycles. The van der Waals surface area contributed by atoms with Gasteiger partial charge in [-0.3, -0.25) is 9.59 Å². The Morgan fingerprint density at radius 2 is 2.10 bits per heavy atom. The second-order valence-corrected chi connectivity index (χ2v) is 5.01. The molecule has 1 aromatic carbocycles. The third-order valence-electron chi connectivity index (χ3n) is 3.08. The van der Waals surface area contributed by atoms with E-state index in [9.17, 15) is 9.59 Å². The lowest BCUT2D eigenvalue weighted by atomic mass is 10.2. The lowest BCUT2D eigenvalue weighted by molar-refractivity contribution is -0.120. The second kappa shape index (κ2) is 7.26. The van der Waals surface area contributed by atoms with Crippen LogP contribution in [0.25, 0.3) is 0 Å². The van der Waals surface area contributed by atoms with Crippen molar-refractivity contribution in [1.29, 1.82) is 0 Å². The summed E-state index contributed by atoms with van der Waals surface area (Å²) in [6, 6.07) is 6.71. The summed E-state index contributed by atoms with van der Waals surface area (Å²) < 4.78 is 5.39. The number of halogens is 1. The zero-order chi connectivity index (χ0) is 14.4. The van der Waals surface area contributed by atoms with Crippen molar-refractivity contribution in [2.24, 2.45) is 0 Å². The highest BCUT2D eigenvalue weighted by Gasteiger charge is 2.16. The summed E-state index contributed by atoms with van der Waals surface area (Å²) in [6.07, 6.45) is 2.09. The summed E-state index contributed by atoms with van der Waals surface area (Å²) in [5, 5.41) is 5.64. The van der Waals surface area contributed by atoms with Crippen molar-refractivity contribution >= 4 is 23.4 Å². The average Bonchev–Trinajstić information content (AvgIpc) is 2.96. The molecule has 1 aliphatic heterocycles. The zero-order valence-electron chi connectivity index (χ0n) is 11.0. The Morgan fingerprint density at radius 3 is 2.80 bits per heavy atom. The first-order valence-corrected chi connectivity index (χ1v) is 6.95. The van der Waals surface area contributed by atoms with Gasteiger partial charge in [-0.2, -0.15) is 0 Å². The largest absolute Gasteiger partial charge is 0.376 e. The molecule has 1 aliphatic rings. The van der Waals surface area contributed by atoms with Gasteiger partial charge < -0.3 is 15.4 Å². The van der Waals surface area contributed by atoms with Crippen LogP contribution in [0.3, 0.4) is 0 Å². The molecule has 20 heavy (non-hydrogen) atoms. The molecule has 5 nitrogen and oxygen atoms in total. The van der Waals surface area contributed by atoms with Crippen molar-refractivity contribution < 1.29 is 14.3 Å². The molecule has 0 saturated carbocycles. The quantitative estimate of drug-likeness (QED) is 0.862. The lowest BCUT2D eigenvalue weighted by Crippen LogP contribution is -2.40. The number of nitrogens with one attached hydrogen (secondary N) is 2. The third kappa shape index (κ3) is 4.21. The third-order valence-corrected chi connectivity index (χ3v) is 3.41. The molecule has 0 radical (unpaired) electrons. The Bertz CT molecular complexity index is 487. The fourth-order valence-electron chi connectivity index (χ4n) is 2.00. The monoisotopic (exact) mass is 296 g/mol.